The lowest BCUT2D eigenvalue weighted by Crippen LogP contribution is -2.27. The minimum absolute atomic E-state index is 0.0504. The highest BCUT2D eigenvalue weighted by Crippen LogP contribution is 2.17. The van der Waals surface area contributed by atoms with E-state index in [1.807, 2.05) is 0 Å². The van der Waals surface area contributed by atoms with Crippen LogP contribution < -0.4 is 10.0 Å². The number of aryl methyl sites for hydroxylation is 1. The summed E-state index contributed by atoms with van der Waals surface area (Å²) in [6.45, 7) is 2.05. The molecule has 2 N–H and O–H groups in total. The highest BCUT2D eigenvalue weighted by Gasteiger charge is 2.15. The number of benzene rings is 1. The quantitative estimate of drug-likeness (QED) is 0.597. The number of nitrogens with zero attached hydrogens (tertiary/aromatic N) is 2. The highest BCUT2D eigenvalue weighted by molar-refractivity contribution is 7.89. The van der Waals surface area contributed by atoms with E-state index in [0.717, 1.165) is 42.8 Å². The van der Waals surface area contributed by atoms with Gasteiger partial charge >= 0.3 is 0 Å². The number of nitrogens with one attached hydrogen (secondary N) is 2. The maximum Gasteiger partial charge on any atom is 0.240 e. The average Bonchev–Trinajstić information content (AvgIpc) is 3.02. The van der Waals surface area contributed by atoms with Crippen LogP contribution in [0.3, 0.4) is 0 Å². The first-order valence-corrected chi connectivity index (χ1v) is 10.6. The van der Waals surface area contributed by atoms with Crippen LogP contribution in [0.2, 0.25) is 0 Å². The molecule has 1 aromatic carbocycles. The summed E-state index contributed by atoms with van der Waals surface area (Å²) in [5.41, 5.74) is 0. The van der Waals surface area contributed by atoms with E-state index < -0.39 is 15.8 Å². The lowest BCUT2D eigenvalue weighted by atomic mass is 10.2. The van der Waals surface area contributed by atoms with Crippen molar-refractivity contribution < 1.29 is 17.6 Å². The normalized spacial score (nSPS) is 11.5. The SMILES string of the molecule is CCCCCc1nnc(NC(=O)CCNS(=O)(=O)c2ccc(F)cc2)s1. The van der Waals surface area contributed by atoms with Gasteiger partial charge < -0.3 is 5.32 Å². The Hall–Kier alpha value is -1.91. The van der Waals surface area contributed by atoms with Gasteiger partial charge in [-0.15, -0.1) is 10.2 Å². The second kappa shape index (κ2) is 9.70. The summed E-state index contributed by atoms with van der Waals surface area (Å²) in [6, 6.07) is 4.46. The van der Waals surface area contributed by atoms with E-state index in [0.29, 0.717) is 5.13 Å². The third kappa shape index (κ3) is 6.43. The number of hydrogen-bond acceptors (Lipinski definition) is 6. The smallest absolute Gasteiger partial charge is 0.240 e. The molecule has 1 heterocycles. The van der Waals surface area contributed by atoms with Crippen LogP contribution >= 0.6 is 11.3 Å². The number of aromatic nitrogens is 2. The fraction of sp³-hybridized carbons (Fsp3) is 0.438. The van der Waals surface area contributed by atoms with Crippen molar-refractivity contribution in [1.29, 1.82) is 0 Å². The van der Waals surface area contributed by atoms with Gasteiger partial charge in [0.05, 0.1) is 4.90 Å². The number of carbonyl (C=O) groups excluding carboxylic acids is 1. The predicted octanol–water partition coefficient (Wildman–Crippen LogP) is 2.72. The van der Waals surface area contributed by atoms with Gasteiger partial charge in [0.2, 0.25) is 21.1 Å². The third-order valence-electron chi connectivity index (χ3n) is 3.48. The van der Waals surface area contributed by atoms with Crippen LogP contribution in [0.1, 0.15) is 37.6 Å². The largest absolute Gasteiger partial charge is 0.300 e. The standard InChI is InChI=1S/C16H21FN4O3S2/c1-2-3-4-5-15-20-21-16(25-15)19-14(22)10-11-18-26(23,24)13-8-6-12(17)7-9-13/h6-9,18H,2-5,10-11H2,1H3,(H,19,21,22). The van der Waals surface area contributed by atoms with Crippen molar-refractivity contribution in [3.8, 4) is 0 Å². The molecule has 0 aliphatic rings. The summed E-state index contributed by atoms with van der Waals surface area (Å²) in [6.07, 6.45) is 4.06. The summed E-state index contributed by atoms with van der Waals surface area (Å²) < 4.78 is 39.2. The lowest BCUT2D eigenvalue weighted by molar-refractivity contribution is -0.116. The number of sulfonamides is 1. The Morgan fingerprint density at radius 2 is 1.92 bits per heavy atom. The molecule has 1 amide bonds. The summed E-state index contributed by atoms with van der Waals surface area (Å²) in [5.74, 6) is -0.877. The Balaban J connectivity index is 1.77. The van der Waals surface area contributed by atoms with Gasteiger partial charge in [0.1, 0.15) is 10.8 Å². The van der Waals surface area contributed by atoms with Gasteiger partial charge in [-0.1, -0.05) is 31.1 Å². The van der Waals surface area contributed by atoms with E-state index >= 15 is 0 Å². The molecule has 0 radical (unpaired) electrons. The topological polar surface area (TPSA) is 101 Å². The molecule has 10 heteroatoms. The van der Waals surface area contributed by atoms with Crippen LogP contribution in [0.25, 0.3) is 0 Å². The van der Waals surface area contributed by atoms with Crippen molar-refractivity contribution in [2.45, 2.75) is 43.9 Å². The van der Waals surface area contributed by atoms with Crippen molar-refractivity contribution >= 4 is 32.4 Å². The third-order valence-corrected chi connectivity index (χ3v) is 5.85. The zero-order valence-electron chi connectivity index (χ0n) is 14.4. The number of anilines is 1. The molecular formula is C16H21FN4O3S2. The van der Waals surface area contributed by atoms with Crippen molar-refractivity contribution in [2.24, 2.45) is 0 Å². The zero-order valence-corrected chi connectivity index (χ0v) is 16.0. The van der Waals surface area contributed by atoms with E-state index in [2.05, 4.69) is 27.2 Å². The predicted molar refractivity (Wildman–Crippen MR) is 98.0 cm³/mol. The van der Waals surface area contributed by atoms with Gasteiger partial charge in [-0.3, -0.25) is 4.79 Å². The molecule has 0 saturated carbocycles. The zero-order chi connectivity index (χ0) is 19.0. The van der Waals surface area contributed by atoms with Gasteiger partial charge in [0, 0.05) is 19.4 Å². The van der Waals surface area contributed by atoms with E-state index in [9.17, 15) is 17.6 Å². The molecule has 2 rings (SSSR count). The van der Waals surface area contributed by atoms with Crippen molar-refractivity contribution in [1.82, 2.24) is 14.9 Å². The van der Waals surface area contributed by atoms with Crippen LogP contribution in [0.4, 0.5) is 9.52 Å². The van der Waals surface area contributed by atoms with Crippen LogP contribution in [0, 0.1) is 5.82 Å². The molecule has 1 aromatic heterocycles. The summed E-state index contributed by atoms with van der Waals surface area (Å²) >= 11 is 1.32. The second-order valence-corrected chi connectivity index (χ2v) is 8.44. The first-order chi connectivity index (χ1) is 12.4. The Morgan fingerprint density at radius 1 is 1.19 bits per heavy atom. The number of carbonyl (C=O) groups is 1. The minimum Gasteiger partial charge on any atom is -0.300 e. The fourth-order valence-electron chi connectivity index (χ4n) is 2.11. The molecule has 0 unspecified atom stereocenters. The Morgan fingerprint density at radius 3 is 2.62 bits per heavy atom. The highest BCUT2D eigenvalue weighted by atomic mass is 32.2. The molecule has 2 aromatic rings. The van der Waals surface area contributed by atoms with Gasteiger partial charge in [-0.25, -0.2) is 17.5 Å². The maximum atomic E-state index is 12.9. The van der Waals surface area contributed by atoms with Crippen LogP contribution in [0.15, 0.2) is 29.2 Å². The van der Waals surface area contributed by atoms with E-state index in [-0.39, 0.29) is 23.8 Å². The number of unbranched alkanes of at least 4 members (excludes halogenated alkanes) is 2. The number of halogens is 1. The van der Waals surface area contributed by atoms with Crippen molar-refractivity contribution in [3.63, 3.8) is 0 Å². The maximum absolute atomic E-state index is 12.9. The number of rotatable bonds is 10. The van der Waals surface area contributed by atoms with Gasteiger partial charge in [-0.05, 0) is 30.7 Å². The lowest BCUT2D eigenvalue weighted by Gasteiger charge is -2.06. The van der Waals surface area contributed by atoms with Crippen LogP contribution in [-0.4, -0.2) is 31.1 Å². The molecule has 142 valence electrons. The molecule has 0 bridgehead atoms. The van der Waals surface area contributed by atoms with Crippen LogP contribution in [0.5, 0.6) is 0 Å². The van der Waals surface area contributed by atoms with Crippen LogP contribution in [-0.2, 0) is 21.2 Å². The Kier molecular flexibility index (Phi) is 7.61. The first-order valence-electron chi connectivity index (χ1n) is 8.28. The fourth-order valence-corrected chi connectivity index (χ4v) is 3.94. The van der Waals surface area contributed by atoms with E-state index in [1.165, 1.54) is 23.5 Å². The molecule has 0 atom stereocenters. The van der Waals surface area contributed by atoms with E-state index in [1.54, 1.807) is 0 Å². The van der Waals surface area contributed by atoms with Crippen molar-refractivity contribution in [3.05, 3.63) is 35.1 Å². The van der Waals surface area contributed by atoms with Gasteiger partial charge in [-0.2, -0.15) is 0 Å². The number of hydrogen-bond donors (Lipinski definition) is 2. The molecule has 26 heavy (non-hydrogen) atoms. The summed E-state index contributed by atoms with van der Waals surface area (Å²) in [5, 5.41) is 11.8. The molecule has 0 spiro atoms. The Labute approximate surface area is 156 Å². The molecular weight excluding hydrogens is 379 g/mol. The minimum atomic E-state index is -3.78. The monoisotopic (exact) mass is 400 g/mol. The second-order valence-electron chi connectivity index (χ2n) is 5.61. The van der Waals surface area contributed by atoms with E-state index in [4.69, 9.17) is 0 Å². The summed E-state index contributed by atoms with van der Waals surface area (Å²) in [7, 11) is -3.78. The average molecular weight is 401 g/mol. The van der Waals surface area contributed by atoms with Crippen molar-refractivity contribution in [2.75, 3.05) is 11.9 Å². The molecule has 7 nitrogen and oxygen atoms in total. The molecule has 0 fully saturated rings. The summed E-state index contributed by atoms with van der Waals surface area (Å²) in [4.78, 5) is 11.8. The molecule has 0 saturated heterocycles. The number of amides is 1. The molecule has 0 aliphatic carbocycles. The molecule has 0 aliphatic heterocycles. The first kappa shape index (κ1) is 20.4. The van der Waals surface area contributed by atoms with Gasteiger partial charge in [0.25, 0.3) is 0 Å². The van der Waals surface area contributed by atoms with Gasteiger partial charge in [0.15, 0.2) is 0 Å². The Bertz CT molecular complexity index is 822.